The number of amides is 9. The summed E-state index contributed by atoms with van der Waals surface area (Å²) in [6, 6.07) is -12.4. The summed E-state index contributed by atoms with van der Waals surface area (Å²) in [5.74, 6) is -9.75. The molecule has 0 unspecified atom stereocenters. The number of thiol groups is 2. The number of aromatic nitrogens is 2. The topological polar surface area (TPSA) is 400 Å². The third kappa shape index (κ3) is 17.8. The summed E-state index contributed by atoms with van der Waals surface area (Å²) in [6.45, 7) is 5.12. The first kappa shape index (κ1) is 55.6. The molecule has 65 heavy (non-hydrogen) atoms. The van der Waals surface area contributed by atoms with Crippen LogP contribution in [0.4, 0.5) is 0 Å². The molecule has 0 aromatic carbocycles. The number of nitrogens with one attached hydrogen (secondary N) is 8. The molecule has 27 heteroatoms. The molecule has 2 rings (SSSR count). The van der Waals surface area contributed by atoms with E-state index in [1.807, 2.05) is 0 Å². The molecule has 0 saturated carbocycles. The van der Waals surface area contributed by atoms with Crippen LogP contribution in [-0.4, -0.2) is 174 Å². The van der Waals surface area contributed by atoms with E-state index in [1.165, 1.54) is 26.4 Å². The number of rotatable bonds is 27. The second kappa shape index (κ2) is 27.1. The van der Waals surface area contributed by atoms with Crippen LogP contribution >= 0.6 is 25.3 Å². The zero-order valence-electron chi connectivity index (χ0n) is 36.4. The van der Waals surface area contributed by atoms with Crippen LogP contribution in [0.5, 0.6) is 0 Å². The monoisotopic (exact) mass is 958 g/mol. The van der Waals surface area contributed by atoms with Crippen LogP contribution in [0.1, 0.15) is 65.5 Å². The van der Waals surface area contributed by atoms with Gasteiger partial charge in [-0.05, 0) is 45.4 Å². The smallest absolute Gasteiger partial charge is 0.327 e. The minimum absolute atomic E-state index is 0.00328. The Kier molecular flexibility index (Phi) is 23.2. The molecule has 1 aliphatic heterocycles. The predicted molar refractivity (Wildman–Crippen MR) is 236 cm³/mol. The lowest BCUT2D eigenvalue weighted by Gasteiger charge is -2.30. The van der Waals surface area contributed by atoms with Crippen LogP contribution in [0.25, 0.3) is 0 Å². The molecular formula is C38H62N12O13S2. The van der Waals surface area contributed by atoms with Crippen molar-refractivity contribution in [2.75, 3.05) is 24.7 Å². The minimum atomic E-state index is -1.61. The number of nitrogens with zero attached hydrogens (tertiary/aromatic N) is 2. The van der Waals surface area contributed by atoms with E-state index in [0.29, 0.717) is 12.1 Å². The van der Waals surface area contributed by atoms with Crippen molar-refractivity contribution in [1.82, 2.24) is 52.1 Å². The van der Waals surface area contributed by atoms with Crippen molar-refractivity contribution in [1.29, 1.82) is 0 Å². The molecule has 2 heterocycles. The predicted octanol–water partition coefficient (Wildman–Crippen LogP) is -5.69. The van der Waals surface area contributed by atoms with Crippen molar-refractivity contribution in [3.8, 4) is 0 Å². The average molecular weight is 959 g/mol. The highest BCUT2D eigenvalue weighted by Gasteiger charge is 2.40. The zero-order valence-corrected chi connectivity index (χ0v) is 38.2. The number of imidazole rings is 1. The van der Waals surface area contributed by atoms with E-state index in [4.69, 9.17) is 11.5 Å². The third-order valence-corrected chi connectivity index (χ3v) is 10.8. The fourth-order valence-corrected chi connectivity index (χ4v) is 6.87. The van der Waals surface area contributed by atoms with Gasteiger partial charge in [0.05, 0.1) is 25.1 Å². The number of carboxylic acids is 1. The minimum Gasteiger partial charge on any atom is -0.480 e. The number of hydrogen-bond acceptors (Lipinski definition) is 16. The summed E-state index contributed by atoms with van der Waals surface area (Å²) < 4.78 is 0. The number of aromatic amines is 1. The third-order valence-electron chi connectivity index (χ3n) is 10.0. The maximum absolute atomic E-state index is 13.9. The molecule has 1 aromatic rings. The Morgan fingerprint density at radius 1 is 0.800 bits per heavy atom. The number of aliphatic hydroxyl groups is 2. The lowest BCUT2D eigenvalue weighted by atomic mass is 10.0. The van der Waals surface area contributed by atoms with Crippen molar-refractivity contribution in [3.63, 3.8) is 0 Å². The van der Waals surface area contributed by atoms with E-state index in [1.54, 1.807) is 13.8 Å². The second-order valence-corrected chi connectivity index (χ2v) is 16.6. The van der Waals surface area contributed by atoms with Gasteiger partial charge in [0.25, 0.3) is 0 Å². The number of hydrogen-bond donors (Lipinski definition) is 15. The van der Waals surface area contributed by atoms with Gasteiger partial charge in [-0.25, -0.2) is 9.78 Å². The Balaban J connectivity index is 2.22. The number of aliphatic carboxylic acids is 1. The van der Waals surface area contributed by atoms with Gasteiger partial charge in [0.15, 0.2) is 0 Å². The number of carbonyl (C=O) groups excluding carboxylic acids is 9. The van der Waals surface area contributed by atoms with Gasteiger partial charge in [-0.15, -0.1) is 0 Å². The molecule has 0 radical (unpaired) electrons. The molecular weight excluding hydrogens is 897 g/mol. The molecule has 0 bridgehead atoms. The van der Waals surface area contributed by atoms with E-state index in [2.05, 4.69) is 72.4 Å². The van der Waals surface area contributed by atoms with E-state index in [-0.39, 0.29) is 56.1 Å². The van der Waals surface area contributed by atoms with Gasteiger partial charge in [-0.3, -0.25) is 43.2 Å². The summed E-state index contributed by atoms with van der Waals surface area (Å²) in [7, 11) is 0. The first-order chi connectivity index (χ1) is 30.5. The Hall–Kier alpha value is -5.51. The average Bonchev–Trinajstić information content (AvgIpc) is 3.96. The second-order valence-electron chi connectivity index (χ2n) is 15.9. The van der Waals surface area contributed by atoms with E-state index in [0.717, 1.165) is 4.90 Å². The van der Waals surface area contributed by atoms with Crippen molar-refractivity contribution in [2.24, 2.45) is 17.4 Å². The van der Waals surface area contributed by atoms with Gasteiger partial charge in [0.2, 0.25) is 53.2 Å². The summed E-state index contributed by atoms with van der Waals surface area (Å²) in [5, 5.41) is 46.7. The van der Waals surface area contributed by atoms with E-state index in [9.17, 15) is 63.3 Å². The van der Waals surface area contributed by atoms with Gasteiger partial charge >= 0.3 is 5.97 Å². The highest BCUT2D eigenvalue weighted by molar-refractivity contribution is 7.80. The van der Waals surface area contributed by atoms with Crippen LogP contribution in [0.15, 0.2) is 12.5 Å². The van der Waals surface area contributed by atoms with Crippen molar-refractivity contribution in [2.45, 2.75) is 127 Å². The van der Waals surface area contributed by atoms with Crippen LogP contribution in [0.3, 0.4) is 0 Å². The fraction of sp³-hybridized carbons (Fsp3) is 0.658. The van der Waals surface area contributed by atoms with Crippen LogP contribution in [-0.2, 0) is 54.4 Å². The first-order valence-electron chi connectivity index (χ1n) is 20.7. The quantitative estimate of drug-likeness (QED) is 0.0366. The SMILES string of the molecule is CC(C)C[C@H](NC(=O)[C@@H](NC(=O)[C@@H](N)CS)[C@@H](C)O)C(=O)N[C@@H](C)C(=O)N[C@@H](CO)C(=O)N1CCC[C@H]1C(=O)N[C@@H](Cc1cnc[nH]1)C(=O)N[C@@H](CCC(N)=O)C(=O)N[C@@H](CS)C(=O)O. The number of nitrogens with two attached hydrogens (primary N) is 2. The van der Waals surface area contributed by atoms with Gasteiger partial charge in [-0.1, -0.05) is 13.8 Å². The van der Waals surface area contributed by atoms with Crippen molar-refractivity contribution >= 4 is 84.4 Å². The number of carboxylic acid groups (broad SMARTS) is 1. The van der Waals surface area contributed by atoms with E-state index < -0.39 is 126 Å². The summed E-state index contributed by atoms with van der Waals surface area (Å²) in [5.41, 5.74) is 11.3. The Morgan fingerprint density at radius 3 is 1.94 bits per heavy atom. The molecule has 1 fully saturated rings. The lowest BCUT2D eigenvalue weighted by molar-refractivity contribution is -0.143. The van der Waals surface area contributed by atoms with Crippen molar-refractivity contribution in [3.05, 3.63) is 18.2 Å². The molecule has 1 aliphatic rings. The molecule has 9 amide bonds. The van der Waals surface area contributed by atoms with Gasteiger partial charge in [0, 0.05) is 42.8 Å². The Bertz CT molecular complexity index is 1840. The summed E-state index contributed by atoms with van der Waals surface area (Å²) in [6.07, 6.45) is 0.846. The number of H-pyrrole nitrogens is 1. The fourth-order valence-electron chi connectivity index (χ4n) is 6.46. The Morgan fingerprint density at radius 2 is 1.40 bits per heavy atom. The lowest BCUT2D eigenvalue weighted by Crippen LogP contribution is -2.61. The molecule has 0 spiro atoms. The first-order valence-corrected chi connectivity index (χ1v) is 22.0. The summed E-state index contributed by atoms with van der Waals surface area (Å²) in [4.78, 5) is 138. The molecule has 15 N–H and O–H groups in total. The zero-order chi connectivity index (χ0) is 49.1. The molecule has 10 atom stereocenters. The van der Waals surface area contributed by atoms with Gasteiger partial charge < -0.3 is 73.9 Å². The Labute approximate surface area is 385 Å². The van der Waals surface area contributed by atoms with Crippen LogP contribution in [0, 0.1) is 5.92 Å². The molecule has 25 nitrogen and oxygen atoms in total. The van der Waals surface area contributed by atoms with Gasteiger partial charge in [-0.2, -0.15) is 25.3 Å². The standard InChI is InChI=1S/C38H62N12O13S2/c1-17(2)10-23(46-36(60)29(19(4)52)49-31(55)21(39)14-64)33(57)43-18(3)30(54)47-25(13-51)37(61)50-9-5-6-27(50)35(59)45-24(11-20-12-41-16-42-20)34(58)44-22(7-8-28(40)53)32(56)48-26(15-65)38(62)63/h12,16-19,21-27,29,51-52,64-65H,5-11,13-15,39H2,1-4H3,(H2,40,53)(H,41,42)(H,43,57)(H,44,58)(H,45,59)(H,46,60)(H,47,54)(H,48,56)(H,49,55)(H,62,63)/t18-,19+,21-,22-,23-,24-,25-,26-,27-,29-/m0/s1. The largest absolute Gasteiger partial charge is 0.480 e. The number of likely N-dealkylation sites (tertiary alicyclic amines) is 1. The van der Waals surface area contributed by atoms with Crippen LogP contribution < -0.4 is 48.7 Å². The summed E-state index contributed by atoms with van der Waals surface area (Å²) >= 11 is 7.87. The maximum Gasteiger partial charge on any atom is 0.327 e. The van der Waals surface area contributed by atoms with Gasteiger partial charge in [0.1, 0.15) is 48.3 Å². The molecule has 1 aromatic heterocycles. The molecule has 0 aliphatic carbocycles. The van der Waals surface area contributed by atoms with Crippen molar-refractivity contribution < 1.29 is 63.3 Å². The number of aliphatic hydroxyl groups excluding tert-OH is 2. The van der Waals surface area contributed by atoms with Crippen LogP contribution in [0.2, 0.25) is 0 Å². The molecule has 364 valence electrons. The highest BCUT2D eigenvalue weighted by Crippen LogP contribution is 2.19. The molecule has 1 saturated heterocycles. The van der Waals surface area contributed by atoms with E-state index >= 15 is 0 Å². The number of primary amides is 1. The maximum atomic E-state index is 13.9. The normalized spacial score (nSPS) is 17.7. The highest BCUT2D eigenvalue weighted by atomic mass is 32.1. The number of carbonyl (C=O) groups is 10.